The second kappa shape index (κ2) is 10.5. The predicted molar refractivity (Wildman–Crippen MR) is 86.8 cm³/mol. The van der Waals surface area contributed by atoms with Crippen LogP contribution < -0.4 is 11.4 Å². The zero-order chi connectivity index (χ0) is 23.2. The number of aromatic nitrogens is 2. The Balaban J connectivity index is 0.000000553. The van der Waals surface area contributed by atoms with Crippen LogP contribution in [-0.4, -0.2) is 52.2 Å². The summed E-state index contributed by atoms with van der Waals surface area (Å²) in [4.78, 5) is 49.0. The highest BCUT2D eigenvalue weighted by Crippen LogP contribution is 2.33. The van der Waals surface area contributed by atoms with Gasteiger partial charge in [0.2, 0.25) is 0 Å². The average molecular weight is 443 g/mol. The standard InChI is InChI=1S/C13H16FN3O6.C2HF3O2/c1-5-9(22-6(2)18)10(23-7(3)19)12(21-5)17-4-8(14)11(15)16-13(17)20;3-1(4)2(6)7-5/h4-5,9-10,12H,1-3H3,(H2,15,16,20);1H/t5-,9-,10-,12-;/m1./s1. The maximum atomic E-state index is 13.6. The molecule has 2 heterocycles. The number of rotatable bonds is 4. The molecule has 1 aliphatic heterocycles. The fourth-order valence-corrected chi connectivity index (χ4v) is 2.37. The molecule has 0 unspecified atom stereocenters. The SMILES string of the molecule is CC(=O)O[C@@H]1[C@H](OC(C)=O)[C@@H](C)O[C@H]1n1cc(F)c(N)nc1=O.O=C(OF)C(F)F. The Bertz CT molecular complexity index is 850. The van der Waals surface area contributed by atoms with Crippen LogP contribution in [0.15, 0.2) is 11.0 Å². The molecule has 168 valence electrons. The summed E-state index contributed by atoms with van der Waals surface area (Å²) >= 11 is 0. The zero-order valence-electron chi connectivity index (χ0n) is 15.7. The van der Waals surface area contributed by atoms with E-state index in [0.29, 0.717) is 0 Å². The van der Waals surface area contributed by atoms with Crippen molar-refractivity contribution < 1.29 is 51.2 Å². The third-order valence-corrected chi connectivity index (χ3v) is 3.49. The number of halogens is 4. The number of hydrogen-bond acceptors (Lipinski definition) is 10. The molecule has 0 aliphatic carbocycles. The van der Waals surface area contributed by atoms with Gasteiger partial charge in [-0.25, -0.2) is 18.9 Å². The largest absolute Gasteiger partial charge is 0.456 e. The molecule has 2 N–H and O–H groups in total. The highest BCUT2D eigenvalue weighted by atomic mass is 19.3. The Morgan fingerprint density at radius 2 is 1.73 bits per heavy atom. The van der Waals surface area contributed by atoms with E-state index in [0.717, 1.165) is 17.7 Å². The van der Waals surface area contributed by atoms with E-state index < -0.39 is 66.2 Å². The summed E-state index contributed by atoms with van der Waals surface area (Å²) < 4.78 is 61.9. The zero-order valence-corrected chi connectivity index (χ0v) is 15.7. The molecule has 15 heteroatoms. The quantitative estimate of drug-likeness (QED) is 0.513. The molecular weight excluding hydrogens is 426 g/mol. The maximum absolute atomic E-state index is 13.6. The second-order valence-corrected chi connectivity index (χ2v) is 5.74. The van der Waals surface area contributed by atoms with E-state index in [4.69, 9.17) is 24.7 Å². The van der Waals surface area contributed by atoms with E-state index in [1.807, 2.05) is 0 Å². The van der Waals surface area contributed by atoms with E-state index in [1.165, 1.54) is 6.92 Å². The van der Waals surface area contributed by atoms with Crippen molar-refractivity contribution >= 4 is 23.7 Å². The maximum Gasteiger partial charge on any atom is 0.414 e. The van der Waals surface area contributed by atoms with Gasteiger partial charge in [0.25, 0.3) is 0 Å². The van der Waals surface area contributed by atoms with Crippen molar-refractivity contribution in [2.24, 2.45) is 0 Å². The van der Waals surface area contributed by atoms with Crippen molar-refractivity contribution in [3.63, 3.8) is 0 Å². The summed E-state index contributed by atoms with van der Waals surface area (Å²) in [5.41, 5.74) is 4.34. The Morgan fingerprint density at radius 1 is 1.20 bits per heavy atom. The third kappa shape index (κ3) is 6.40. The smallest absolute Gasteiger partial charge is 0.414 e. The van der Waals surface area contributed by atoms with E-state index >= 15 is 0 Å². The minimum atomic E-state index is -3.37. The van der Waals surface area contributed by atoms with Crippen LogP contribution >= 0.6 is 0 Å². The molecule has 0 spiro atoms. The van der Waals surface area contributed by atoms with Crippen molar-refractivity contribution in [1.29, 1.82) is 0 Å². The minimum absolute atomic E-state index is 0.558. The van der Waals surface area contributed by atoms with Crippen LogP contribution in [0.4, 0.5) is 23.5 Å². The van der Waals surface area contributed by atoms with E-state index in [2.05, 4.69) is 9.93 Å². The van der Waals surface area contributed by atoms with Gasteiger partial charge in [-0.15, -0.1) is 0 Å². The summed E-state index contributed by atoms with van der Waals surface area (Å²) in [6.45, 7) is 3.90. The molecule has 1 fully saturated rings. The van der Waals surface area contributed by atoms with Crippen LogP contribution in [0.5, 0.6) is 0 Å². The number of nitrogen functional groups attached to an aromatic ring is 1. The lowest BCUT2D eigenvalue weighted by atomic mass is 10.1. The molecule has 4 atom stereocenters. The number of nitrogens with two attached hydrogens (primary N) is 1. The topological polar surface area (TPSA) is 149 Å². The molecule has 0 bridgehead atoms. The van der Waals surface area contributed by atoms with Gasteiger partial charge in [-0.3, -0.25) is 14.2 Å². The van der Waals surface area contributed by atoms with Crippen molar-refractivity contribution in [2.45, 2.75) is 51.7 Å². The summed E-state index contributed by atoms with van der Waals surface area (Å²) in [5.74, 6) is -4.93. The Morgan fingerprint density at radius 3 is 2.17 bits per heavy atom. The van der Waals surface area contributed by atoms with Crippen molar-refractivity contribution in [1.82, 2.24) is 9.55 Å². The van der Waals surface area contributed by atoms with Crippen LogP contribution in [0, 0.1) is 5.82 Å². The van der Waals surface area contributed by atoms with Gasteiger partial charge in [0.1, 0.15) is 0 Å². The molecule has 1 aromatic heterocycles. The lowest BCUT2D eigenvalue weighted by Crippen LogP contribution is -2.40. The van der Waals surface area contributed by atoms with Crippen molar-refractivity contribution in [2.75, 3.05) is 5.73 Å². The molecule has 0 amide bonds. The molecule has 0 radical (unpaired) electrons. The van der Waals surface area contributed by atoms with Crippen LogP contribution in [0.2, 0.25) is 0 Å². The molecule has 11 nitrogen and oxygen atoms in total. The summed E-state index contributed by atoms with van der Waals surface area (Å²) in [6.07, 6.45) is -6.55. The van der Waals surface area contributed by atoms with Gasteiger partial charge in [-0.2, -0.15) is 13.8 Å². The fraction of sp³-hybridized carbons (Fsp3) is 0.533. The van der Waals surface area contributed by atoms with Gasteiger partial charge in [0.05, 0.1) is 12.3 Å². The normalized spacial score (nSPS) is 22.7. The van der Waals surface area contributed by atoms with Crippen LogP contribution in [-0.2, 0) is 33.5 Å². The summed E-state index contributed by atoms with van der Waals surface area (Å²) in [6, 6.07) is 0. The van der Waals surface area contributed by atoms with Gasteiger partial charge < -0.3 is 19.9 Å². The van der Waals surface area contributed by atoms with Crippen LogP contribution in [0.1, 0.15) is 27.0 Å². The summed E-state index contributed by atoms with van der Waals surface area (Å²) in [7, 11) is 0. The lowest BCUT2D eigenvalue weighted by Gasteiger charge is -2.23. The molecular formula is C15H17F4N3O8. The Kier molecular flexibility index (Phi) is 8.70. The molecule has 2 rings (SSSR count). The number of hydrogen-bond donors (Lipinski definition) is 1. The number of alkyl halides is 2. The number of nitrogens with zero attached hydrogens (tertiary/aromatic N) is 2. The minimum Gasteiger partial charge on any atom is -0.456 e. The van der Waals surface area contributed by atoms with E-state index in [1.54, 1.807) is 6.92 Å². The molecule has 1 saturated heterocycles. The van der Waals surface area contributed by atoms with Gasteiger partial charge in [-0.05, 0) is 6.92 Å². The number of esters is 2. The lowest BCUT2D eigenvalue weighted by molar-refractivity contribution is -0.196. The van der Waals surface area contributed by atoms with Gasteiger partial charge in [0.15, 0.2) is 30.1 Å². The van der Waals surface area contributed by atoms with Crippen LogP contribution in [0.3, 0.4) is 0 Å². The first-order valence-electron chi connectivity index (χ1n) is 8.03. The number of anilines is 1. The average Bonchev–Trinajstić information content (AvgIpc) is 2.92. The van der Waals surface area contributed by atoms with Gasteiger partial charge in [-0.1, -0.05) is 0 Å². The highest BCUT2D eigenvalue weighted by molar-refractivity contribution is 5.71. The molecule has 1 aliphatic rings. The van der Waals surface area contributed by atoms with E-state index in [9.17, 15) is 32.1 Å². The van der Waals surface area contributed by atoms with Crippen LogP contribution in [0.25, 0.3) is 0 Å². The van der Waals surface area contributed by atoms with Crippen molar-refractivity contribution in [3.8, 4) is 0 Å². The first kappa shape index (κ1) is 24.8. The fourth-order valence-electron chi connectivity index (χ4n) is 2.37. The highest BCUT2D eigenvalue weighted by Gasteiger charge is 2.48. The first-order chi connectivity index (χ1) is 13.9. The molecule has 30 heavy (non-hydrogen) atoms. The first-order valence-corrected chi connectivity index (χ1v) is 8.03. The van der Waals surface area contributed by atoms with Gasteiger partial charge in [0, 0.05) is 18.4 Å². The summed E-state index contributed by atoms with van der Waals surface area (Å²) in [5, 5.41) is 0. The van der Waals surface area contributed by atoms with Gasteiger partial charge >= 0.3 is 30.0 Å². The van der Waals surface area contributed by atoms with Crippen molar-refractivity contribution in [3.05, 3.63) is 22.5 Å². The third-order valence-electron chi connectivity index (χ3n) is 3.49. The molecule has 1 aromatic rings. The molecule has 0 saturated carbocycles. The number of ether oxygens (including phenoxy) is 3. The Hall–Kier alpha value is -3.23. The number of carbonyl (C=O) groups excluding carboxylic acids is 3. The Labute approximate surface area is 165 Å². The van der Waals surface area contributed by atoms with E-state index in [-0.39, 0.29) is 0 Å². The molecule has 0 aromatic carbocycles. The second-order valence-electron chi connectivity index (χ2n) is 5.74. The monoisotopic (exact) mass is 443 g/mol. The number of carbonyl (C=O) groups is 3. The predicted octanol–water partition coefficient (Wildman–Crippen LogP) is 0.424.